The van der Waals surface area contributed by atoms with Gasteiger partial charge in [0.05, 0.1) is 11.0 Å². The van der Waals surface area contributed by atoms with Gasteiger partial charge in [-0.05, 0) is 30.8 Å². The predicted molar refractivity (Wildman–Crippen MR) is 131 cm³/mol. The summed E-state index contributed by atoms with van der Waals surface area (Å²) in [6.07, 6.45) is 20.2. The van der Waals surface area contributed by atoms with E-state index in [1.165, 1.54) is 83.5 Å². The van der Waals surface area contributed by atoms with E-state index in [0.717, 1.165) is 23.9 Å². The summed E-state index contributed by atoms with van der Waals surface area (Å²) in [6.45, 7) is 2.27. The Morgan fingerprint density at radius 2 is 1.10 bits per heavy atom. The Kier molecular flexibility index (Phi) is 16.0. The Labute approximate surface area is 187 Å². The van der Waals surface area contributed by atoms with Crippen molar-refractivity contribution in [2.24, 2.45) is 0 Å². The number of aromatic amines is 2. The molecule has 0 bridgehead atoms. The smallest absolute Gasteiger partial charge is 0.303 e. The molecule has 0 saturated carbocycles. The molecule has 4 nitrogen and oxygen atoms in total. The van der Waals surface area contributed by atoms with Crippen LogP contribution in [-0.2, 0) is 4.79 Å². The molecule has 0 fully saturated rings. The Balaban J connectivity index is 0.000000367. The number of carboxylic acid groups (broad SMARTS) is 1. The predicted octanol–water partition coefficient (Wildman–Crippen LogP) is 8.56. The van der Waals surface area contributed by atoms with Crippen molar-refractivity contribution in [3.8, 4) is 0 Å². The molecular formula is C25H42N2O2S. The van der Waals surface area contributed by atoms with Gasteiger partial charge >= 0.3 is 5.97 Å². The van der Waals surface area contributed by atoms with E-state index in [-0.39, 0.29) is 0 Å². The topological polar surface area (TPSA) is 68.9 Å². The maximum atomic E-state index is 10.3. The van der Waals surface area contributed by atoms with Gasteiger partial charge in [0.2, 0.25) is 0 Å². The molecule has 3 N–H and O–H groups in total. The summed E-state index contributed by atoms with van der Waals surface area (Å²) >= 11 is 4.90. The third-order valence-corrected chi connectivity index (χ3v) is 5.62. The second-order valence-corrected chi connectivity index (χ2v) is 8.63. The normalized spacial score (nSPS) is 10.7. The number of aromatic nitrogens is 2. The minimum atomic E-state index is -0.653. The monoisotopic (exact) mass is 434 g/mol. The average molecular weight is 435 g/mol. The van der Waals surface area contributed by atoms with Crippen LogP contribution in [-0.4, -0.2) is 21.0 Å². The molecule has 0 aliphatic rings. The van der Waals surface area contributed by atoms with E-state index < -0.39 is 5.97 Å². The van der Waals surface area contributed by atoms with Crippen molar-refractivity contribution in [1.82, 2.24) is 9.97 Å². The van der Waals surface area contributed by atoms with Crippen LogP contribution in [0.2, 0.25) is 0 Å². The van der Waals surface area contributed by atoms with Gasteiger partial charge in [-0.2, -0.15) is 0 Å². The van der Waals surface area contributed by atoms with Gasteiger partial charge in [0.15, 0.2) is 4.77 Å². The highest BCUT2D eigenvalue weighted by molar-refractivity contribution is 7.71. The molecule has 170 valence electrons. The van der Waals surface area contributed by atoms with Crippen LogP contribution in [0, 0.1) is 4.77 Å². The number of carboxylic acids is 1. The molecule has 1 heterocycles. The van der Waals surface area contributed by atoms with Crippen molar-refractivity contribution in [3.05, 3.63) is 29.0 Å². The van der Waals surface area contributed by atoms with Crippen LogP contribution in [0.25, 0.3) is 11.0 Å². The first-order valence-electron chi connectivity index (χ1n) is 12.0. The lowest BCUT2D eigenvalue weighted by Crippen LogP contribution is -1.93. The fraction of sp³-hybridized carbons (Fsp3) is 0.680. The summed E-state index contributed by atoms with van der Waals surface area (Å²) in [5, 5.41) is 8.52. The molecule has 0 saturated heterocycles. The second kappa shape index (κ2) is 18.2. The van der Waals surface area contributed by atoms with E-state index in [2.05, 4.69) is 16.9 Å². The van der Waals surface area contributed by atoms with Crippen molar-refractivity contribution < 1.29 is 9.90 Å². The van der Waals surface area contributed by atoms with Crippen molar-refractivity contribution in [1.29, 1.82) is 0 Å². The van der Waals surface area contributed by atoms with Crippen LogP contribution in [0.3, 0.4) is 0 Å². The SMILES string of the molecule is CCCCCCCCCCCCCCCCCC(=O)O.S=c1[nH]c2ccccc2[nH]1. The van der Waals surface area contributed by atoms with Gasteiger partial charge in [-0.15, -0.1) is 0 Å². The molecule has 30 heavy (non-hydrogen) atoms. The van der Waals surface area contributed by atoms with Crippen LogP contribution >= 0.6 is 12.2 Å². The van der Waals surface area contributed by atoms with Gasteiger partial charge < -0.3 is 15.1 Å². The number of fused-ring (bicyclic) bond motifs is 1. The van der Waals surface area contributed by atoms with Gasteiger partial charge in [0.25, 0.3) is 0 Å². The molecule has 2 rings (SSSR count). The van der Waals surface area contributed by atoms with Gasteiger partial charge in [-0.3, -0.25) is 4.79 Å². The average Bonchev–Trinajstić information content (AvgIpc) is 3.11. The zero-order chi connectivity index (χ0) is 21.9. The van der Waals surface area contributed by atoms with Gasteiger partial charge in [0.1, 0.15) is 0 Å². The van der Waals surface area contributed by atoms with Crippen LogP contribution in [0.1, 0.15) is 110 Å². The van der Waals surface area contributed by atoms with Crippen molar-refractivity contribution in [3.63, 3.8) is 0 Å². The van der Waals surface area contributed by atoms with E-state index in [1.54, 1.807) is 0 Å². The first-order valence-corrected chi connectivity index (χ1v) is 12.4. The molecule has 1 aromatic heterocycles. The lowest BCUT2D eigenvalue weighted by atomic mass is 10.0. The van der Waals surface area contributed by atoms with Crippen LogP contribution in [0.5, 0.6) is 0 Å². The lowest BCUT2D eigenvalue weighted by Gasteiger charge is -2.03. The molecule has 0 aliphatic carbocycles. The molecular weight excluding hydrogens is 392 g/mol. The summed E-state index contributed by atoms with van der Waals surface area (Å²) < 4.78 is 0.682. The number of nitrogens with one attached hydrogen (secondary N) is 2. The summed E-state index contributed by atoms with van der Waals surface area (Å²) in [6, 6.07) is 7.92. The standard InChI is InChI=1S/C18H36O2.C7H6N2S/c1-2-3-4-5-6-7-8-9-10-11-12-13-14-15-16-17-18(19)20;10-7-8-5-3-1-2-4-6(5)9-7/h2-17H2,1H3,(H,19,20);1-4H,(H2,8,9,10). The number of H-pyrrole nitrogens is 2. The largest absolute Gasteiger partial charge is 0.481 e. The molecule has 0 spiro atoms. The molecule has 0 radical (unpaired) electrons. The number of para-hydroxylation sites is 2. The molecule has 2 aromatic rings. The first-order chi connectivity index (χ1) is 14.6. The summed E-state index contributed by atoms with van der Waals surface area (Å²) in [4.78, 5) is 16.4. The minimum absolute atomic E-state index is 0.345. The van der Waals surface area contributed by atoms with E-state index in [0.29, 0.717) is 11.2 Å². The third-order valence-electron chi connectivity index (χ3n) is 5.42. The second-order valence-electron chi connectivity index (χ2n) is 8.22. The van der Waals surface area contributed by atoms with Crippen molar-refractivity contribution in [2.75, 3.05) is 0 Å². The van der Waals surface area contributed by atoms with E-state index in [4.69, 9.17) is 17.3 Å². The number of imidazole rings is 1. The summed E-state index contributed by atoms with van der Waals surface area (Å²) in [5.41, 5.74) is 2.13. The Hall–Kier alpha value is -1.62. The Morgan fingerprint density at radius 3 is 1.47 bits per heavy atom. The van der Waals surface area contributed by atoms with E-state index in [1.807, 2.05) is 24.3 Å². The van der Waals surface area contributed by atoms with E-state index in [9.17, 15) is 4.79 Å². The van der Waals surface area contributed by atoms with Crippen LogP contribution < -0.4 is 0 Å². The molecule has 1 aromatic carbocycles. The minimum Gasteiger partial charge on any atom is -0.481 e. The zero-order valence-corrected chi connectivity index (χ0v) is 19.7. The zero-order valence-electron chi connectivity index (χ0n) is 18.9. The quantitative estimate of drug-likeness (QED) is 0.183. The fourth-order valence-corrected chi connectivity index (χ4v) is 3.84. The van der Waals surface area contributed by atoms with Gasteiger partial charge in [0, 0.05) is 6.42 Å². The Bertz CT molecular complexity index is 687. The maximum Gasteiger partial charge on any atom is 0.303 e. The highest BCUT2D eigenvalue weighted by atomic mass is 32.1. The van der Waals surface area contributed by atoms with Crippen molar-refractivity contribution in [2.45, 2.75) is 110 Å². The summed E-state index contributed by atoms with van der Waals surface area (Å²) in [5.74, 6) is -0.653. The number of rotatable bonds is 16. The van der Waals surface area contributed by atoms with Gasteiger partial charge in [-0.1, -0.05) is 109 Å². The third kappa shape index (κ3) is 14.4. The first kappa shape index (κ1) is 26.4. The molecule has 0 amide bonds. The lowest BCUT2D eigenvalue weighted by molar-refractivity contribution is -0.137. The molecule has 5 heteroatoms. The highest BCUT2D eigenvalue weighted by Crippen LogP contribution is 2.13. The maximum absolute atomic E-state index is 10.3. The van der Waals surface area contributed by atoms with E-state index >= 15 is 0 Å². The molecule has 0 atom stereocenters. The molecule has 0 unspecified atom stereocenters. The molecule has 0 aliphatic heterocycles. The van der Waals surface area contributed by atoms with Gasteiger partial charge in [-0.25, -0.2) is 0 Å². The number of carbonyl (C=O) groups is 1. The number of benzene rings is 1. The van der Waals surface area contributed by atoms with Crippen LogP contribution in [0.15, 0.2) is 24.3 Å². The highest BCUT2D eigenvalue weighted by Gasteiger charge is 1.97. The number of hydrogen-bond donors (Lipinski definition) is 3. The fourth-order valence-electron chi connectivity index (χ4n) is 3.62. The number of aliphatic carboxylic acids is 1. The number of hydrogen-bond acceptors (Lipinski definition) is 2. The van der Waals surface area contributed by atoms with Crippen molar-refractivity contribution >= 4 is 29.2 Å². The summed E-state index contributed by atoms with van der Waals surface area (Å²) in [7, 11) is 0. The van der Waals surface area contributed by atoms with Crippen LogP contribution in [0.4, 0.5) is 0 Å². The Morgan fingerprint density at radius 1 is 0.733 bits per heavy atom. The number of unbranched alkanes of at least 4 members (excludes halogenated alkanes) is 14.